The molecule has 0 amide bonds. The van der Waals surface area contributed by atoms with Crippen LogP contribution in [0.4, 0.5) is 0 Å². The Labute approximate surface area is 225 Å². The lowest BCUT2D eigenvalue weighted by Crippen LogP contribution is -2.48. The quantitative estimate of drug-likeness (QED) is 0.287. The zero-order chi connectivity index (χ0) is 26.4. The van der Waals surface area contributed by atoms with Crippen LogP contribution >= 0.6 is 0 Å². The number of hydrogen-bond acceptors (Lipinski definition) is 2. The van der Waals surface area contributed by atoms with E-state index in [0.29, 0.717) is 51.9 Å². The summed E-state index contributed by atoms with van der Waals surface area (Å²) in [5.41, 5.74) is 4.65. The van der Waals surface area contributed by atoms with Crippen LogP contribution in [0.15, 0.2) is 65.8 Å². The smallest absolute Gasteiger partial charge is 0.338 e. The SMILES string of the molecule is CC(C)[C@@H](C)/C=C/[C@@H](C)[C@@H]1CC=C2C3=CC[C@H]4C[C@H](OC(=O)c5ccccc5)CC[C@]4(C)[C@H]3CC[C@]21C. The highest BCUT2D eigenvalue weighted by Crippen LogP contribution is 2.65. The van der Waals surface area contributed by atoms with Crippen molar-refractivity contribution in [2.24, 2.45) is 46.3 Å². The molecule has 5 rings (SSSR count). The second-order valence-electron chi connectivity index (χ2n) is 13.6. The first kappa shape index (κ1) is 26.5. The van der Waals surface area contributed by atoms with Gasteiger partial charge in [0.2, 0.25) is 0 Å². The molecule has 4 aliphatic rings. The molecule has 0 radical (unpaired) electrons. The van der Waals surface area contributed by atoms with Crippen LogP contribution < -0.4 is 0 Å². The molecule has 0 spiro atoms. The second kappa shape index (κ2) is 10.2. The third kappa shape index (κ3) is 4.79. The molecular weight excluding hydrogens is 452 g/mol. The van der Waals surface area contributed by atoms with Gasteiger partial charge in [0.25, 0.3) is 0 Å². The lowest BCUT2D eigenvalue weighted by atomic mass is 9.48. The average Bonchev–Trinajstić information content (AvgIpc) is 3.25. The number of esters is 1. The molecule has 0 heterocycles. The molecule has 1 aromatic rings. The Bertz CT molecular complexity index is 1080. The summed E-state index contributed by atoms with van der Waals surface area (Å²) in [5.74, 6) is 3.75. The summed E-state index contributed by atoms with van der Waals surface area (Å²) in [6.07, 6.45) is 18.4. The minimum atomic E-state index is -0.164. The standard InChI is InChI=1S/C35H48O2/c1-23(2)24(3)12-13-25(4)30-16-17-31-29-15-14-27-22-28(37-33(36)26-10-8-7-9-11-26)18-20-34(27,5)32(29)19-21-35(30,31)6/h7-13,15,17,23-25,27-28,30,32H,14,16,18-22H2,1-6H3/b13-12+/t24-,25+,27-,28+,30-,32-,34-,35-/m0/s1. The number of rotatable bonds is 6. The molecule has 0 N–H and O–H groups in total. The first-order valence-electron chi connectivity index (χ1n) is 15.0. The van der Waals surface area contributed by atoms with Gasteiger partial charge in [0.15, 0.2) is 0 Å². The van der Waals surface area contributed by atoms with Crippen LogP contribution in [-0.4, -0.2) is 12.1 Å². The lowest BCUT2D eigenvalue weighted by molar-refractivity contribution is -0.0405. The van der Waals surface area contributed by atoms with E-state index in [0.717, 1.165) is 25.7 Å². The summed E-state index contributed by atoms with van der Waals surface area (Å²) in [7, 11) is 0. The topological polar surface area (TPSA) is 26.3 Å². The fourth-order valence-electron chi connectivity index (χ4n) is 8.31. The van der Waals surface area contributed by atoms with E-state index in [2.05, 4.69) is 65.8 Å². The van der Waals surface area contributed by atoms with Crippen molar-refractivity contribution in [2.75, 3.05) is 0 Å². The van der Waals surface area contributed by atoms with Crippen LogP contribution in [0.2, 0.25) is 0 Å². The maximum atomic E-state index is 12.7. The van der Waals surface area contributed by atoms with Gasteiger partial charge in [-0.1, -0.05) is 84.0 Å². The van der Waals surface area contributed by atoms with Gasteiger partial charge in [-0.15, -0.1) is 0 Å². The van der Waals surface area contributed by atoms with Crippen molar-refractivity contribution in [1.29, 1.82) is 0 Å². The third-order valence-corrected chi connectivity index (χ3v) is 11.2. The van der Waals surface area contributed by atoms with Crippen LogP contribution in [0.3, 0.4) is 0 Å². The van der Waals surface area contributed by atoms with Crippen molar-refractivity contribution in [2.45, 2.75) is 92.6 Å². The molecule has 0 saturated heterocycles. The van der Waals surface area contributed by atoms with Crippen molar-refractivity contribution >= 4 is 5.97 Å². The Kier molecular flexibility index (Phi) is 7.33. The Morgan fingerprint density at radius 2 is 1.73 bits per heavy atom. The van der Waals surface area contributed by atoms with Gasteiger partial charge in [-0.05, 0) is 115 Å². The number of hydrogen-bond donors (Lipinski definition) is 0. The van der Waals surface area contributed by atoms with E-state index in [1.165, 1.54) is 19.3 Å². The molecular formula is C35H48O2. The zero-order valence-corrected chi connectivity index (χ0v) is 24.0. The average molecular weight is 501 g/mol. The van der Waals surface area contributed by atoms with Gasteiger partial charge in [-0.2, -0.15) is 0 Å². The molecule has 2 saturated carbocycles. The molecule has 2 nitrogen and oxygen atoms in total. The molecule has 37 heavy (non-hydrogen) atoms. The van der Waals surface area contributed by atoms with E-state index in [4.69, 9.17) is 4.74 Å². The van der Waals surface area contributed by atoms with Crippen molar-refractivity contribution in [3.63, 3.8) is 0 Å². The molecule has 200 valence electrons. The highest BCUT2D eigenvalue weighted by molar-refractivity contribution is 5.89. The monoisotopic (exact) mass is 500 g/mol. The highest BCUT2D eigenvalue weighted by atomic mass is 16.5. The maximum Gasteiger partial charge on any atom is 0.338 e. The fourth-order valence-corrected chi connectivity index (χ4v) is 8.31. The Hall–Kier alpha value is -2.09. The van der Waals surface area contributed by atoms with Gasteiger partial charge in [0, 0.05) is 0 Å². The maximum absolute atomic E-state index is 12.7. The van der Waals surface area contributed by atoms with E-state index in [9.17, 15) is 4.79 Å². The molecule has 8 atom stereocenters. The van der Waals surface area contributed by atoms with Crippen molar-refractivity contribution < 1.29 is 9.53 Å². The van der Waals surface area contributed by atoms with Gasteiger partial charge in [-0.3, -0.25) is 0 Å². The van der Waals surface area contributed by atoms with E-state index in [1.54, 1.807) is 11.1 Å². The van der Waals surface area contributed by atoms with Crippen LogP contribution in [-0.2, 0) is 4.74 Å². The summed E-state index contributed by atoms with van der Waals surface area (Å²) in [4.78, 5) is 12.7. The minimum absolute atomic E-state index is 0.0468. The molecule has 4 aliphatic carbocycles. The molecule has 0 bridgehead atoms. The molecule has 2 fully saturated rings. The van der Waals surface area contributed by atoms with Gasteiger partial charge >= 0.3 is 5.97 Å². The Morgan fingerprint density at radius 3 is 2.46 bits per heavy atom. The summed E-state index contributed by atoms with van der Waals surface area (Å²) >= 11 is 0. The zero-order valence-electron chi connectivity index (χ0n) is 24.0. The first-order valence-corrected chi connectivity index (χ1v) is 15.0. The largest absolute Gasteiger partial charge is 0.459 e. The van der Waals surface area contributed by atoms with E-state index < -0.39 is 0 Å². The van der Waals surface area contributed by atoms with Gasteiger partial charge in [0.05, 0.1) is 5.56 Å². The fraction of sp³-hybridized carbons (Fsp3) is 0.629. The third-order valence-electron chi connectivity index (χ3n) is 11.2. The van der Waals surface area contributed by atoms with E-state index in [-0.39, 0.29) is 12.1 Å². The van der Waals surface area contributed by atoms with Gasteiger partial charge < -0.3 is 4.74 Å². The van der Waals surface area contributed by atoms with Gasteiger partial charge in [-0.25, -0.2) is 4.79 Å². The highest BCUT2D eigenvalue weighted by Gasteiger charge is 2.55. The molecule has 0 aromatic heterocycles. The molecule has 0 aliphatic heterocycles. The predicted octanol–water partition coefficient (Wildman–Crippen LogP) is 9.20. The summed E-state index contributed by atoms with van der Waals surface area (Å²) in [6, 6.07) is 9.47. The number of carbonyl (C=O) groups is 1. The van der Waals surface area contributed by atoms with E-state index >= 15 is 0 Å². The van der Waals surface area contributed by atoms with Crippen LogP contribution in [0, 0.1) is 46.3 Å². The summed E-state index contributed by atoms with van der Waals surface area (Å²) < 4.78 is 6.01. The Balaban J connectivity index is 1.29. The van der Waals surface area contributed by atoms with Crippen molar-refractivity contribution in [1.82, 2.24) is 0 Å². The number of fused-ring (bicyclic) bond motifs is 5. The number of allylic oxidation sites excluding steroid dienone is 6. The summed E-state index contributed by atoms with van der Waals surface area (Å²) in [5, 5.41) is 0. The van der Waals surface area contributed by atoms with Crippen LogP contribution in [0.25, 0.3) is 0 Å². The lowest BCUT2D eigenvalue weighted by Gasteiger charge is -2.56. The second-order valence-corrected chi connectivity index (χ2v) is 13.6. The predicted molar refractivity (Wildman–Crippen MR) is 153 cm³/mol. The first-order chi connectivity index (χ1) is 17.6. The van der Waals surface area contributed by atoms with E-state index in [1.807, 2.05) is 30.3 Å². The minimum Gasteiger partial charge on any atom is -0.459 e. The molecule has 0 unspecified atom stereocenters. The summed E-state index contributed by atoms with van der Waals surface area (Å²) in [6.45, 7) is 14.6. The van der Waals surface area contributed by atoms with Crippen LogP contribution in [0.1, 0.15) is 96.8 Å². The number of benzene rings is 1. The van der Waals surface area contributed by atoms with Crippen molar-refractivity contribution in [3.8, 4) is 0 Å². The molecule has 1 aromatic carbocycles. The Morgan fingerprint density at radius 1 is 0.973 bits per heavy atom. The molecule has 2 heteroatoms. The normalized spacial score (nSPS) is 36.7. The van der Waals surface area contributed by atoms with Crippen molar-refractivity contribution in [3.05, 3.63) is 71.3 Å². The van der Waals surface area contributed by atoms with Crippen LogP contribution in [0.5, 0.6) is 0 Å². The number of ether oxygens (including phenoxy) is 1. The number of carbonyl (C=O) groups excluding carboxylic acids is 1. The van der Waals surface area contributed by atoms with Gasteiger partial charge in [0.1, 0.15) is 6.10 Å².